The third kappa shape index (κ3) is 4.91. The second kappa shape index (κ2) is 7.20. The van der Waals surface area contributed by atoms with Crippen molar-refractivity contribution in [3.63, 3.8) is 0 Å². The number of aliphatic carboxylic acids is 1. The molecule has 0 spiro atoms. The highest BCUT2D eigenvalue weighted by Gasteiger charge is 2.35. The third-order valence-corrected chi connectivity index (χ3v) is 3.02. The SMILES string of the molecule is CN(CCCCCO)C(=O)N(CC(=O)O)C1CC1. The fourth-order valence-corrected chi connectivity index (χ4v) is 1.84. The fraction of sp³-hybridized carbons (Fsp3) is 0.833. The second-order valence-corrected chi connectivity index (χ2v) is 4.74. The molecule has 1 fully saturated rings. The number of carbonyl (C=O) groups is 2. The summed E-state index contributed by atoms with van der Waals surface area (Å²) in [5.74, 6) is -0.969. The largest absolute Gasteiger partial charge is 0.480 e. The van der Waals surface area contributed by atoms with E-state index in [0.717, 1.165) is 32.1 Å². The van der Waals surface area contributed by atoms with E-state index >= 15 is 0 Å². The van der Waals surface area contributed by atoms with E-state index in [1.165, 1.54) is 4.90 Å². The highest BCUT2D eigenvalue weighted by atomic mass is 16.4. The molecule has 0 aromatic heterocycles. The number of hydrogen-bond donors (Lipinski definition) is 2. The maximum Gasteiger partial charge on any atom is 0.323 e. The molecule has 0 atom stereocenters. The van der Waals surface area contributed by atoms with Gasteiger partial charge in [-0.2, -0.15) is 0 Å². The monoisotopic (exact) mass is 258 g/mol. The number of aliphatic hydroxyl groups excluding tert-OH is 1. The lowest BCUT2D eigenvalue weighted by Gasteiger charge is -2.27. The van der Waals surface area contributed by atoms with E-state index in [1.54, 1.807) is 11.9 Å². The van der Waals surface area contributed by atoms with Crippen molar-refractivity contribution in [2.75, 3.05) is 26.7 Å². The smallest absolute Gasteiger partial charge is 0.323 e. The van der Waals surface area contributed by atoms with E-state index in [-0.39, 0.29) is 25.2 Å². The van der Waals surface area contributed by atoms with Gasteiger partial charge in [0.25, 0.3) is 0 Å². The Morgan fingerprint density at radius 1 is 1.22 bits per heavy atom. The maximum atomic E-state index is 12.1. The van der Waals surface area contributed by atoms with Gasteiger partial charge >= 0.3 is 12.0 Å². The minimum atomic E-state index is -0.969. The molecule has 1 saturated carbocycles. The molecule has 0 bridgehead atoms. The Morgan fingerprint density at radius 2 is 1.89 bits per heavy atom. The number of carbonyl (C=O) groups excluding carboxylic acids is 1. The molecule has 0 aromatic rings. The number of urea groups is 1. The van der Waals surface area contributed by atoms with Crippen molar-refractivity contribution in [1.82, 2.24) is 9.80 Å². The van der Waals surface area contributed by atoms with Gasteiger partial charge < -0.3 is 20.0 Å². The average Bonchev–Trinajstić information content (AvgIpc) is 3.14. The van der Waals surface area contributed by atoms with Gasteiger partial charge in [0, 0.05) is 26.2 Å². The van der Waals surface area contributed by atoms with Gasteiger partial charge in [0.1, 0.15) is 6.54 Å². The zero-order chi connectivity index (χ0) is 13.5. The fourth-order valence-electron chi connectivity index (χ4n) is 1.84. The number of rotatable bonds is 8. The minimum Gasteiger partial charge on any atom is -0.480 e. The topological polar surface area (TPSA) is 81.1 Å². The van der Waals surface area contributed by atoms with Crippen LogP contribution >= 0.6 is 0 Å². The molecule has 2 amide bonds. The molecule has 0 aliphatic heterocycles. The molecule has 2 N–H and O–H groups in total. The minimum absolute atomic E-state index is 0.105. The average molecular weight is 258 g/mol. The van der Waals surface area contributed by atoms with Crippen LogP contribution in [0, 0.1) is 0 Å². The van der Waals surface area contributed by atoms with Crippen molar-refractivity contribution in [2.45, 2.75) is 38.1 Å². The Labute approximate surface area is 107 Å². The third-order valence-electron chi connectivity index (χ3n) is 3.02. The normalized spacial score (nSPS) is 14.3. The molecule has 104 valence electrons. The predicted molar refractivity (Wildman–Crippen MR) is 66.3 cm³/mol. The molecule has 1 aliphatic rings. The first kappa shape index (κ1) is 14.8. The Balaban J connectivity index is 2.36. The van der Waals surface area contributed by atoms with Crippen LogP contribution in [-0.4, -0.2) is 64.8 Å². The molecule has 0 unspecified atom stereocenters. The number of aliphatic hydroxyl groups is 1. The highest BCUT2D eigenvalue weighted by Crippen LogP contribution is 2.27. The van der Waals surface area contributed by atoms with Crippen LogP contribution < -0.4 is 0 Å². The van der Waals surface area contributed by atoms with E-state index in [1.807, 2.05) is 0 Å². The molecule has 0 heterocycles. The van der Waals surface area contributed by atoms with Crippen LogP contribution in [0.15, 0.2) is 0 Å². The highest BCUT2D eigenvalue weighted by molar-refractivity contribution is 5.80. The van der Waals surface area contributed by atoms with Crippen LogP contribution in [0.5, 0.6) is 0 Å². The quantitative estimate of drug-likeness (QED) is 0.629. The summed E-state index contributed by atoms with van der Waals surface area (Å²) in [4.78, 5) is 25.8. The molecule has 1 rings (SSSR count). The molecular weight excluding hydrogens is 236 g/mol. The maximum absolute atomic E-state index is 12.1. The summed E-state index contributed by atoms with van der Waals surface area (Å²) in [6.45, 7) is 0.553. The van der Waals surface area contributed by atoms with Gasteiger partial charge in [-0.3, -0.25) is 4.79 Å². The van der Waals surface area contributed by atoms with Crippen LogP contribution in [0.25, 0.3) is 0 Å². The lowest BCUT2D eigenvalue weighted by atomic mass is 10.2. The zero-order valence-corrected chi connectivity index (χ0v) is 10.8. The van der Waals surface area contributed by atoms with Gasteiger partial charge in [0.05, 0.1) is 0 Å². The van der Waals surface area contributed by atoms with Crippen molar-refractivity contribution in [3.8, 4) is 0 Å². The number of carboxylic acids is 1. The van der Waals surface area contributed by atoms with Crippen LogP contribution in [0.1, 0.15) is 32.1 Å². The van der Waals surface area contributed by atoms with Gasteiger partial charge in [-0.15, -0.1) is 0 Å². The Hall–Kier alpha value is -1.30. The zero-order valence-electron chi connectivity index (χ0n) is 10.8. The summed E-state index contributed by atoms with van der Waals surface area (Å²) in [5.41, 5.74) is 0. The van der Waals surface area contributed by atoms with Crippen molar-refractivity contribution < 1.29 is 19.8 Å². The number of amides is 2. The van der Waals surface area contributed by atoms with E-state index in [2.05, 4.69) is 0 Å². The van der Waals surface area contributed by atoms with Crippen molar-refractivity contribution in [3.05, 3.63) is 0 Å². The lowest BCUT2D eigenvalue weighted by molar-refractivity contribution is -0.137. The standard InChI is InChI=1S/C12H22N2O4/c1-13(7-3-2-4-8-15)12(18)14(9-11(16)17)10-5-6-10/h10,15H,2-9H2,1H3,(H,16,17). The first-order valence-electron chi connectivity index (χ1n) is 6.40. The molecule has 18 heavy (non-hydrogen) atoms. The van der Waals surface area contributed by atoms with Crippen molar-refractivity contribution in [1.29, 1.82) is 0 Å². The van der Waals surface area contributed by atoms with E-state index in [9.17, 15) is 9.59 Å². The first-order valence-corrected chi connectivity index (χ1v) is 6.40. The van der Waals surface area contributed by atoms with Gasteiger partial charge in [0.2, 0.25) is 0 Å². The second-order valence-electron chi connectivity index (χ2n) is 4.74. The molecule has 0 radical (unpaired) electrons. The Kier molecular flexibility index (Phi) is 5.91. The van der Waals surface area contributed by atoms with Crippen molar-refractivity contribution >= 4 is 12.0 Å². The molecule has 1 aliphatic carbocycles. The van der Waals surface area contributed by atoms with Gasteiger partial charge in [-0.25, -0.2) is 4.79 Å². The predicted octanol–water partition coefficient (Wildman–Crippen LogP) is 0.750. The summed E-state index contributed by atoms with van der Waals surface area (Å²) in [7, 11) is 1.69. The number of carboxylic acid groups (broad SMARTS) is 1. The Morgan fingerprint density at radius 3 is 2.39 bits per heavy atom. The number of unbranched alkanes of at least 4 members (excludes halogenated alkanes) is 2. The van der Waals surface area contributed by atoms with E-state index in [0.29, 0.717) is 6.54 Å². The summed E-state index contributed by atoms with van der Waals surface area (Å²) in [6.07, 6.45) is 4.24. The lowest BCUT2D eigenvalue weighted by Crippen LogP contribution is -2.45. The summed E-state index contributed by atoms with van der Waals surface area (Å²) < 4.78 is 0. The molecular formula is C12H22N2O4. The number of nitrogens with zero attached hydrogens (tertiary/aromatic N) is 2. The van der Waals surface area contributed by atoms with Gasteiger partial charge in [-0.05, 0) is 32.1 Å². The van der Waals surface area contributed by atoms with Gasteiger partial charge in [0.15, 0.2) is 0 Å². The first-order chi connectivity index (χ1) is 8.56. The molecule has 6 heteroatoms. The van der Waals surface area contributed by atoms with Crippen LogP contribution in [0.2, 0.25) is 0 Å². The molecule has 0 aromatic carbocycles. The summed E-state index contributed by atoms with van der Waals surface area (Å²) in [5, 5.41) is 17.5. The van der Waals surface area contributed by atoms with Crippen LogP contribution in [0.4, 0.5) is 4.79 Å². The van der Waals surface area contributed by atoms with E-state index < -0.39 is 5.97 Å². The van der Waals surface area contributed by atoms with Gasteiger partial charge in [-0.1, -0.05) is 0 Å². The van der Waals surface area contributed by atoms with Crippen LogP contribution in [0.3, 0.4) is 0 Å². The van der Waals surface area contributed by atoms with Crippen LogP contribution in [-0.2, 0) is 4.79 Å². The molecule has 0 saturated heterocycles. The Bertz CT molecular complexity index is 292. The van der Waals surface area contributed by atoms with E-state index in [4.69, 9.17) is 10.2 Å². The molecule has 6 nitrogen and oxygen atoms in total. The number of hydrogen-bond acceptors (Lipinski definition) is 3. The summed E-state index contributed by atoms with van der Waals surface area (Å²) in [6, 6.07) is -0.0996. The summed E-state index contributed by atoms with van der Waals surface area (Å²) >= 11 is 0. The van der Waals surface area contributed by atoms with Crippen molar-refractivity contribution in [2.24, 2.45) is 0 Å².